The summed E-state index contributed by atoms with van der Waals surface area (Å²) in [4.78, 5) is 30.8. The molecule has 8 nitrogen and oxygen atoms in total. The highest BCUT2D eigenvalue weighted by atomic mass is 16.6. The lowest BCUT2D eigenvalue weighted by Gasteiger charge is -2.28. The van der Waals surface area contributed by atoms with E-state index in [1.165, 1.54) is 4.90 Å². The third-order valence-electron chi connectivity index (χ3n) is 6.87. The number of rotatable bonds is 9. The van der Waals surface area contributed by atoms with Gasteiger partial charge in [0, 0.05) is 12.0 Å². The SMILES string of the molecule is Cc1oc(-c2ccccc2)nc1CCOc1ccc([C@H]2CC[C@H](C(=O)O)N2C(=O)OCc2ccccc2)cc1. The average Bonchev–Trinajstić information content (AvgIpc) is 3.57. The van der Waals surface area contributed by atoms with Gasteiger partial charge in [0.05, 0.1) is 18.3 Å². The quantitative estimate of drug-likeness (QED) is 0.277. The van der Waals surface area contributed by atoms with Gasteiger partial charge >= 0.3 is 12.1 Å². The van der Waals surface area contributed by atoms with Gasteiger partial charge in [0.25, 0.3) is 0 Å². The number of carbonyl (C=O) groups excluding carboxylic acids is 1. The number of nitrogens with zero attached hydrogens (tertiary/aromatic N) is 2. The lowest BCUT2D eigenvalue weighted by molar-refractivity contribution is -0.142. The van der Waals surface area contributed by atoms with Gasteiger partial charge in [-0.3, -0.25) is 4.90 Å². The van der Waals surface area contributed by atoms with E-state index < -0.39 is 24.1 Å². The molecule has 0 spiro atoms. The Labute approximate surface area is 226 Å². The van der Waals surface area contributed by atoms with E-state index in [4.69, 9.17) is 13.9 Å². The van der Waals surface area contributed by atoms with Gasteiger partial charge in [0.15, 0.2) is 0 Å². The number of benzene rings is 3. The molecular weight excluding hydrogens is 496 g/mol. The summed E-state index contributed by atoms with van der Waals surface area (Å²) in [6.45, 7) is 2.40. The molecule has 1 saturated heterocycles. The van der Waals surface area contributed by atoms with Crippen molar-refractivity contribution in [2.75, 3.05) is 6.61 Å². The number of hydrogen-bond acceptors (Lipinski definition) is 6. The molecule has 0 bridgehead atoms. The first-order chi connectivity index (χ1) is 19.0. The van der Waals surface area contributed by atoms with Crippen LogP contribution in [-0.2, 0) is 22.6 Å². The van der Waals surface area contributed by atoms with Crippen molar-refractivity contribution in [1.82, 2.24) is 9.88 Å². The Morgan fingerprint density at radius 3 is 2.36 bits per heavy atom. The first-order valence-corrected chi connectivity index (χ1v) is 13.0. The Morgan fingerprint density at radius 2 is 1.67 bits per heavy atom. The molecule has 1 N–H and O–H groups in total. The number of hydrogen-bond donors (Lipinski definition) is 1. The fourth-order valence-electron chi connectivity index (χ4n) is 4.85. The average molecular weight is 527 g/mol. The molecule has 1 amide bonds. The Kier molecular flexibility index (Phi) is 7.91. The molecule has 0 radical (unpaired) electrons. The summed E-state index contributed by atoms with van der Waals surface area (Å²) in [5.74, 6) is 0.999. The summed E-state index contributed by atoms with van der Waals surface area (Å²) in [5, 5.41) is 9.72. The van der Waals surface area contributed by atoms with Crippen molar-refractivity contribution in [2.24, 2.45) is 0 Å². The van der Waals surface area contributed by atoms with E-state index >= 15 is 0 Å². The second kappa shape index (κ2) is 11.9. The number of likely N-dealkylation sites (tertiary alicyclic amines) is 1. The molecule has 200 valence electrons. The van der Waals surface area contributed by atoms with Crippen LogP contribution in [0.5, 0.6) is 5.75 Å². The number of oxazole rings is 1. The number of carboxylic acids is 1. The molecule has 4 aromatic rings. The second-order valence-electron chi connectivity index (χ2n) is 9.45. The molecule has 1 aliphatic heterocycles. The number of amides is 1. The third kappa shape index (κ3) is 6.12. The van der Waals surface area contributed by atoms with Crippen LogP contribution < -0.4 is 4.74 Å². The summed E-state index contributed by atoms with van der Waals surface area (Å²) in [6.07, 6.45) is 0.855. The zero-order valence-electron chi connectivity index (χ0n) is 21.7. The Bertz CT molecular complexity index is 1400. The molecule has 0 saturated carbocycles. The summed E-state index contributed by atoms with van der Waals surface area (Å²) in [5.41, 5.74) is 3.45. The first-order valence-electron chi connectivity index (χ1n) is 13.0. The van der Waals surface area contributed by atoms with Gasteiger partial charge in [0.1, 0.15) is 24.2 Å². The lowest BCUT2D eigenvalue weighted by atomic mass is 10.0. The highest BCUT2D eigenvalue weighted by molar-refractivity contribution is 5.81. The van der Waals surface area contributed by atoms with Crippen LogP contribution in [0.3, 0.4) is 0 Å². The van der Waals surface area contributed by atoms with E-state index in [0.717, 1.165) is 28.1 Å². The van der Waals surface area contributed by atoms with E-state index in [2.05, 4.69) is 4.98 Å². The van der Waals surface area contributed by atoms with E-state index in [1.807, 2.05) is 91.9 Å². The molecule has 5 rings (SSSR count). The summed E-state index contributed by atoms with van der Waals surface area (Å²) >= 11 is 0. The van der Waals surface area contributed by atoms with E-state index in [0.29, 0.717) is 37.5 Å². The third-order valence-corrected chi connectivity index (χ3v) is 6.87. The van der Waals surface area contributed by atoms with Crippen LogP contribution in [-0.4, -0.2) is 39.7 Å². The van der Waals surface area contributed by atoms with E-state index in [1.54, 1.807) is 0 Å². The Hall–Kier alpha value is -4.59. The minimum atomic E-state index is -1.03. The van der Waals surface area contributed by atoms with Crippen molar-refractivity contribution in [3.8, 4) is 17.2 Å². The van der Waals surface area contributed by atoms with Crippen LogP contribution >= 0.6 is 0 Å². The van der Waals surface area contributed by atoms with Crippen molar-refractivity contribution in [2.45, 2.75) is 44.9 Å². The maximum Gasteiger partial charge on any atom is 0.411 e. The Balaban J connectivity index is 1.20. The predicted octanol–water partition coefficient (Wildman–Crippen LogP) is 6.20. The number of carboxylic acid groups (broad SMARTS) is 1. The largest absolute Gasteiger partial charge is 0.493 e. The fraction of sp³-hybridized carbons (Fsp3) is 0.258. The molecule has 1 aromatic heterocycles. The van der Waals surface area contributed by atoms with Gasteiger partial charge in [-0.1, -0.05) is 60.7 Å². The molecule has 1 fully saturated rings. The highest BCUT2D eigenvalue weighted by Gasteiger charge is 2.42. The van der Waals surface area contributed by atoms with Gasteiger partial charge < -0.3 is 19.0 Å². The maximum absolute atomic E-state index is 13.0. The van der Waals surface area contributed by atoms with Crippen molar-refractivity contribution in [3.05, 3.63) is 108 Å². The van der Waals surface area contributed by atoms with Crippen LogP contribution in [0, 0.1) is 6.92 Å². The summed E-state index contributed by atoms with van der Waals surface area (Å²) < 4.78 is 17.2. The predicted molar refractivity (Wildman–Crippen MR) is 144 cm³/mol. The Morgan fingerprint density at radius 1 is 0.974 bits per heavy atom. The van der Waals surface area contributed by atoms with Crippen molar-refractivity contribution < 1.29 is 28.6 Å². The minimum absolute atomic E-state index is 0.0832. The summed E-state index contributed by atoms with van der Waals surface area (Å²) in [6, 6.07) is 25.2. The maximum atomic E-state index is 13.0. The summed E-state index contributed by atoms with van der Waals surface area (Å²) in [7, 11) is 0. The normalized spacial score (nSPS) is 16.7. The molecule has 39 heavy (non-hydrogen) atoms. The zero-order valence-corrected chi connectivity index (χ0v) is 21.7. The van der Waals surface area contributed by atoms with Gasteiger partial charge in [-0.05, 0) is 55.2 Å². The van der Waals surface area contributed by atoms with E-state index in [-0.39, 0.29) is 6.61 Å². The topological polar surface area (TPSA) is 102 Å². The van der Waals surface area contributed by atoms with Crippen LogP contribution in [0.2, 0.25) is 0 Å². The van der Waals surface area contributed by atoms with Crippen LogP contribution in [0.1, 0.15) is 41.5 Å². The number of carbonyl (C=O) groups is 2. The molecule has 0 aliphatic carbocycles. The van der Waals surface area contributed by atoms with Gasteiger partial charge in [-0.2, -0.15) is 0 Å². The van der Waals surface area contributed by atoms with Gasteiger partial charge in [-0.25, -0.2) is 14.6 Å². The first kappa shape index (κ1) is 26.0. The smallest absolute Gasteiger partial charge is 0.411 e. The van der Waals surface area contributed by atoms with Gasteiger partial charge in [0.2, 0.25) is 5.89 Å². The van der Waals surface area contributed by atoms with Crippen LogP contribution in [0.25, 0.3) is 11.5 Å². The number of aryl methyl sites for hydroxylation is 1. The zero-order chi connectivity index (χ0) is 27.2. The number of aliphatic carboxylic acids is 1. The molecule has 2 atom stereocenters. The molecule has 0 unspecified atom stereocenters. The van der Waals surface area contributed by atoms with Crippen molar-refractivity contribution in [3.63, 3.8) is 0 Å². The molecule has 1 aliphatic rings. The second-order valence-corrected chi connectivity index (χ2v) is 9.45. The standard InChI is InChI=1S/C31H30N2O6/c1-21-26(32-29(39-21)24-10-6-3-7-11-24)18-19-37-25-14-12-23(13-15-25)27-16-17-28(30(34)35)33(27)31(36)38-20-22-8-4-2-5-9-22/h2-15,27-28H,16-20H2,1H3,(H,34,35)/t27-,28-/m1/s1. The molecular formula is C31H30N2O6. The number of ether oxygens (including phenoxy) is 2. The molecule has 2 heterocycles. The minimum Gasteiger partial charge on any atom is -0.493 e. The van der Waals surface area contributed by atoms with Crippen molar-refractivity contribution in [1.29, 1.82) is 0 Å². The van der Waals surface area contributed by atoms with Gasteiger partial charge in [-0.15, -0.1) is 0 Å². The number of aromatic nitrogens is 1. The lowest BCUT2D eigenvalue weighted by Crippen LogP contribution is -2.42. The van der Waals surface area contributed by atoms with Crippen LogP contribution in [0.15, 0.2) is 89.3 Å². The highest BCUT2D eigenvalue weighted by Crippen LogP contribution is 2.37. The monoisotopic (exact) mass is 526 g/mol. The van der Waals surface area contributed by atoms with Crippen LogP contribution in [0.4, 0.5) is 4.79 Å². The fourth-order valence-corrected chi connectivity index (χ4v) is 4.85. The van der Waals surface area contributed by atoms with E-state index in [9.17, 15) is 14.7 Å². The molecule has 3 aromatic carbocycles. The van der Waals surface area contributed by atoms with Crippen molar-refractivity contribution >= 4 is 12.1 Å². The molecule has 8 heteroatoms.